The van der Waals surface area contributed by atoms with Crippen molar-refractivity contribution in [2.75, 3.05) is 13.1 Å². The molecule has 0 aliphatic rings. The number of aliphatic hydroxyl groups excluding tert-OH is 1. The second-order valence-corrected chi connectivity index (χ2v) is 6.80. The molecule has 0 fully saturated rings. The molecule has 1 aromatic heterocycles. The van der Waals surface area contributed by atoms with E-state index in [2.05, 4.69) is 24.5 Å². The SMILES string of the molecule is CC(C)C[NH+](Cc1cccn1Cc1ccccc1F)C[C@@H](C)O. The summed E-state index contributed by atoms with van der Waals surface area (Å²) in [6, 6.07) is 11.0. The molecule has 1 unspecified atom stereocenters. The summed E-state index contributed by atoms with van der Waals surface area (Å²) in [7, 11) is 0. The summed E-state index contributed by atoms with van der Waals surface area (Å²) < 4.78 is 16.0. The number of hydrogen-bond acceptors (Lipinski definition) is 1. The van der Waals surface area contributed by atoms with Gasteiger partial charge < -0.3 is 14.6 Å². The predicted octanol–water partition coefficient (Wildman–Crippen LogP) is 2.10. The van der Waals surface area contributed by atoms with Crippen LogP contribution in [-0.4, -0.2) is 28.9 Å². The lowest BCUT2D eigenvalue weighted by Gasteiger charge is -2.23. The van der Waals surface area contributed by atoms with Crippen molar-refractivity contribution in [2.45, 2.75) is 40.0 Å². The fourth-order valence-corrected chi connectivity index (χ4v) is 3.05. The van der Waals surface area contributed by atoms with Crippen molar-refractivity contribution < 1.29 is 14.4 Å². The molecule has 4 heteroatoms. The molecule has 0 aliphatic carbocycles. The normalized spacial score (nSPS) is 14.2. The van der Waals surface area contributed by atoms with E-state index >= 15 is 0 Å². The first kappa shape index (κ1) is 17.7. The average molecular weight is 319 g/mol. The molecular formula is C19H28FN2O+. The molecule has 0 saturated heterocycles. The molecule has 126 valence electrons. The second kappa shape index (κ2) is 8.27. The molecule has 2 aromatic rings. The third-order valence-electron chi connectivity index (χ3n) is 3.93. The van der Waals surface area contributed by atoms with Gasteiger partial charge in [0.05, 0.1) is 18.8 Å². The highest BCUT2D eigenvalue weighted by Crippen LogP contribution is 2.11. The van der Waals surface area contributed by atoms with E-state index in [-0.39, 0.29) is 11.9 Å². The lowest BCUT2D eigenvalue weighted by molar-refractivity contribution is -0.920. The minimum atomic E-state index is -0.321. The summed E-state index contributed by atoms with van der Waals surface area (Å²) in [5.74, 6) is 0.404. The van der Waals surface area contributed by atoms with Crippen LogP contribution in [0.15, 0.2) is 42.6 Å². The van der Waals surface area contributed by atoms with E-state index in [4.69, 9.17) is 0 Å². The fraction of sp³-hybridized carbons (Fsp3) is 0.474. The lowest BCUT2D eigenvalue weighted by Crippen LogP contribution is -3.12. The Morgan fingerprint density at radius 3 is 2.48 bits per heavy atom. The second-order valence-electron chi connectivity index (χ2n) is 6.80. The van der Waals surface area contributed by atoms with Crippen molar-refractivity contribution in [1.82, 2.24) is 4.57 Å². The third kappa shape index (κ3) is 5.48. The van der Waals surface area contributed by atoms with E-state index in [1.54, 1.807) is 6.07 Å². The Balaban J connectivity index is 2.11. The molecule has 2 rings (SSSR count). The van der Waals surface area contributed by atoms with E-state index in [1.807, 2.05) is 31.3 Å². The van der Waals surface area contributed by atoms with Crippen LogP contribution in [0, 0.1) is 11.7 Å². The van der Waals surface area contributed by atoms with Crippen molar-refractivity contribution in [2.24, 2.45) is 5.92 Å². The smallest absolute Gasteiger partial charge is 0.128 e. The van der Waals surface area contributed by atoms with Crippen LogP contribution in [0.5, 0.6) is 0 Å². The molecule has 0 saturated carbocycles. The molecule has 0 bridgehead atoms. The zero-order chi connectivity index (χ0) is 16.8. The molecular weight excluding hydrogens is 291 g/mol. The number of aliphatic hydroxyl groups is 1. The largest absolute Gasteiger partial charge is 0.388 e. The Morgan fingerprint density at radius 1 is 1.09 bits per heavy atom. The van der Waals surface area contributed by atoms with Crippen LogP contribution in [0.4, 0.5) is 4.39 Å². The number of nitrogens with one attached hydrogen (secondary N) is 1. The lowest BCUT2D eigenvalue weighted by atomic mass is 10.2. The molecule has 3 nitrogen and oxygen atoms in total. The minimum absolute atomic E-state index is 0.164. The first-order chi connectivity index (χ1) is 11.0. The Hall–Kier alpha value is -1.65. The van der Waals surface area contributed by atoms with Crippen LogP contribution in [0.25, 0.3) is 0 Å². The van der Waals surface area contributed by atoms with Gasteiger partial charge in [-0.15, -0.1) is 0 Å². The van der Waals surface area contributed by atoms with Gasteiger partial charge in [0.1, 0.15) is 25.0 Å². The van der Waals surface area contributed by atoms with E-state index in [0.717, 1.165) is 19.6 Å². The number of halogens is 1. The summed E-state index contributed by atoms with van der Waals surface area (Å²) in [6.45, 7) is 9.33. The van der Waals surface area contributed by atoms with Crippen LogP contribution in [-0.2, 0) is 13.1 Å². The Kier molecular flexibility index (Phi) is 6.37. The molecule has 2 N–H and O–H groups in total. The van der Waals surface area contributed by atoms with Crippen LogP contribution < -0.4 is 4.90 Å². The number of hydrogen-bond donors (Lipinski definition) is 2. The molecule has 1 heterocycles. The van der Waals surface area contributed by atoms with Crippen LogP contribution in [0.3, 0.4) is 0 Å². The number of quaternary nitrogens is 1. The molecule has 0 spiro atoms. The standard InChI is InChI=1S/C19H27FN2O/c1-15(2)11-21(12-16(3)23)14-18-8-6-10-22(18)13-17-7-4-5-9-19(17)20/h4-10,15-16,23H,11-14H2,1-3H3/p+1/t16-/m1/s1. The molecule has 0 radical (unpaired) electrons. The van der Waals surface area contributed by atoms with E-state index in [9.17, 15) is 9.50 Å². The highest BCUT2D eigenvalue weighted by molar-refractivity contribution is 5.19. The highest BCUT2D eigenvalue weighted by Gasteiger charge is 2.16. The van der Waals surface area contributed by atoms with Gasteiger partial charge in [-0.05, 0) is 25.1 Å². The molecule has 23 heavy (non-hydrogen) atoms. The van der Waals surface area contributed by atoms with Gasteiger partial charge in [-0.1, -0.05) is 32.0 Å². The van der Waals surface area contributed by atoms with Crippen molar-refractivity contribution in [3.63, 3.8) is 0 Å². The van der Waals surface area contributed by atoms with E-state index in [1.165, 1.54) is 16.7 Å². The van der Waals surface area contributed by atoms with Crippen molar-refractivity contribution in [3.05, 3.63) is 59.7 Å². The van der Waals surface area contributed by atoms with Crippen molar-refractivity contribution >= 4 is 0 Å². The Labute approximate surface area is 138 Å². The summed E-state index contributed by atoms with van der Waals surface area (Å²) in [5.41, 5.74) is 1.87. The van der Waals surface area contributed by atoms with Gasteiger partial charge in [0.25, 0.3) is 0 Å². The summed E-state index contributed by atoms with van der Waals surface area (Å²) in [4.78, 5) is 1.35. The minimum Gasteiger partial charge on any atom is -0.388 e. The topological polar surface area (TPSA) is 29.6 Å². The maximum atomic E-state index is 13.9. The third-order valence-corrected chi connectivity index (χ3v) is 3.93. The summed E-state index contributed by atoms with van der Waals surface area (Å²) in [6.07, 6.45) is 1.68. The van der Waals surface area contributed by atoms with Gasteiger partial charge in [-0.25, -0.2) is 4.39 Å². The maximum Gasteiger partial charge on any atom is 0.128 e. The maximum absolute atomic E-state index is 13.9. The zero-order valence-electron chi connectivity index (χ0n) is 14.3. The van der Waals surface area contributed by atoms with Gasteiger partial charge in [0.2, 0.25) is 0 Å². The number of aromatic nitrogens is 1. The van der Waals surface area contributed by atoms with Gasteiger partial charge in [0.15, 0.2) is 0 Å². The Bertz CT molecular complexity index is 597. The first-order valence-corrected chi connectivity index (χ1v) is 8.34. The zero-order valence-corrected chi connectivity index (χ0v) is 14.3. The van der Waals surface area contributed by atoms with Crippen LogP contribution in [0.1, 0.15) is 32.0 Å². The first-order valence-electron chi connectivity index (χ1n) is 8.34. The van der Waals surface area contributed by atoms with Crippen LogP contribution >= 0.6 is 0 Å². The molecule has 2 atom stereocenters. The summed E-state index contributed by atoms with van der Waals surface area (Å²) in [5, 5.41) is 9.73. The monoisotopic (exact) mass is 319 g/mol. The predicted molar refractivity (Wildman–Crippen MR) is 90.9 cm³/mol. The van der Waals surface area contributed by atoms with Gasteiger partial charge in [-0.2, -0.15) is 0 Å². The van der Waals surface area contributed by atoms with Gasteiger partial charge in [0, 0.05) is 17.7 Å². The molecule has 1 aromatic carbocycles. The van der Waals surface area contributed by atoms with Crippen molar-refractivity contribution in [1.29, 1.82) is 0 Å². The van der Waals surface area contributed by atoms with E-state index in [0.29, 0.717) is 18.0 Å². The number of rotatable bonds is 8. The Morgan fingerprint density at radius 2 is 1.83 bits per heavy atom. The molecule has 0 aliphatic heterocycles. The van der Waals surface area contributed by atoms with Gasteiger partial charge >= 0.3 is 0 Å². The quantitative estimate of drug-likeness (QED) is 0.767. The highest BCUT2D eigenvalue weighted by atomic mass is 19.1. The summed E-state index contributed by atoms with van der Waals surface area (Å²) >= 11 is 0. The van der Waals surface area contributed by atoms with E-state index < -0.39 is 0 Å². The number of nitrogens with zero attached hydrogens (tertiary/aromatic N) is 1. The molecule has 0 amide bonds. The van der Waals surface area contributed by atoms with Gasteiger partial charge in [-0.3, -0.25) is 0 Å². The number of benzene rings is 1. The average Bonchev–Trinajstić information content (AvgIpc) is 2.87. The fourth-order valence-electron chi connectivity index (χ4n) is 3.05. The van der Waals surface area contributed by atoms with Crippen LogP contribution in [0.2, 0.25) is 0 Å². The van der Waals surface area contributed by atoms with Crippen molar-refractivity contribution in [3.8, 4) is 0 Å².